The van der Waals surface area contributed by atoms with Gasteiger partial charge in [-0.1, -0.05) is 24.3 Å². The quantitative estimate of drug-likeness (QED) is 0.682. The van der Waals surface area contributed by atoms with Gasteiger partial charge in [0.05, 0.1) is 12.3 Å². The maximum absolute atomic E-state index is 12.7. The van der Waals surface area contributed by atoms with Crippen LogP contribution in [-0.4, -0.2) is 17.6 Å². The van der Waals surface area contributed by atoms with Crippen LogP contribution < -0.4 is 15.0 Å². The van der Waals surface area contributed by atoms with Gasteiger partial charge in [0.25, 0.3) is 5.91 Å². The monoisotopic (exact) mass is 338 g/mol. The first-order valence-electron chi connectivity index (χ1n) is 7.76. The summed E-state index contributed by atoms with van der Waals surface area (Å²) in [4.78, 5) is 14.2. The first-order valence-corrected chi connectivity index (χ1v) is 8.16. The average Bonchev–Trinajstić information content (AvgIpc) is 2.85. The Morgan fingerprint density at radius 1 is 1.17 bits per heavy atom. The fourth-order valence-corrected chi connectivity index (χ4v) is 2.83. The molecule has 1 aliphatic heterocycles. The van der Waals surface area contributed by atoms with Gasteiger partial charge in [-0.05, 0) is 67.5 Å². The van der Waals surface area contributed by atoms with E-state index in [2.05, 4.69) is 5.32 Å². The number of benzene rings is 2. The van der Waals surface area contributed by atoms with Crippen LogP contribution in [0.4, 0.5) is 5.69 Å². The van der Waals surface area contributed by atoms with E-state index in [1.807, 2.05) is 68.5 Å². The second kappa shape index (κ2) is 6.84. The lowest BCUT2D eigenvalue weighted by Crippen LogP contribution is -2.30. The Labute approximate surface area is 146 Å². The molecule has 1 fully saturated rings. The molecule has 3 rings (SSSR count). The molecule has 122 valence electrons. The Morgan fingerprint density at radius 2 is 1.88 bits per heavy atom. The Balaban J connectivity index is 1.88. The molecule has 0 saturated carbocycles. The SMILES string of the molecule is CCOc1ccc(N2C(=O)/C(=C/c3ccccc3C)NC2=S)cc1. The number of nitrogens with one attached hydrogen (secondary N) is 1. The fraction of sp³-hybridized carbons (Fsp3) is 0.158. The number of rotatable bonds is 4. The summed E-state index contributed by atoms with van der Waals surface area (Å²) in [6, 6.07) is 15.2. The molecule has 0 aromatic heterocycles. The van der Waals surface area contributed by atoms with Crippen LogP contribution in [0.2, 0.25) is 0 Å². The van der Waals surface area contributed by atoms with E-state index in [-0.39, 0.29) is 5.91 Å². The lowest BCUT2D eigenvalue weighted by Gasteiger charge is -2.14. The molecule has 5 heteroatoms. The van der Waals surface area contributed by atoms with E-state index < -0.39 is 0 Å². The van der Waals surface area contributed by atoms with Gasteiger partial charge in [0.2, 0.25) is 0 Å². The molecule has 0 atom stereocenters. The molecule has 0 bridgehead atoms. The molecular weight excluding hydrogens is 320 g/mol. The number of thiocarbonyl (C=S) groups is 1. The normalized spacial score (nSPS) is 15.8. The average molecular weight is 338 g/mol. The second-order valence-electron chi connectivity index (χ2n) is 5.41. The predicted octanol–water partition coefficient (Wildman–Crippen LogP) is 3.66. The summed E-state index contributed by atoms with van der Waals surface area (Å²) in [6.07, 6.45) is 1.83. The number of hydrogen-bond donors (Lipinski definition) is 1. The maximum atomic E-state index is 12.7. The van der Waals surface area contributed by atoms with Crippen LogP contribution in [-0.2, 0) is 4.79 Å². The molecule has 1 amide bonds. The summed E-state index contributed by atoms with van der Waals surface area (Å²) in [5.41, 5.74) is 3.28. The Hall–Kier alpha value is -2.66. The minimum Gasteiger partial charge on any atom is -0.494 e. The number of hydrogen-bond acceptors (Lipinski definition) is 3. The van der Waals surface area contributed by atoms with E-state index in [0.29, 0.717) is 23.1 Å². The number of amides is 1. The summed E-state index contributed by atoms with van der Waals surface area (Å²) >= 11 is 5.33. The third-order valence-corrected chi connectivity index (χ3v) is 4.06. The van der Waals surface area contributed by atoms with E-state index in [9.17, 15) is 4.79 Å². The van der Waals surface area contributed by atoms with E-state index in [1.165, 1.54) is 4.90 Å². The van der Waals surface area contributed by atoms with Crippen molar-refractivity contribution < 1.29 is 9.53 Å². The number of carbonyl (C=O) groups excluding carboxylic acids is 1. The summed E-state index contributed by atoms with van der Waals surface area (Å²) in [5, 5.41) is 3.38. The van der Waals surface area contributed by atoms with Gasteiger partial charge < -0.3 is 10.1 Å². The first kappa shape index (κ1) is 16.2. The summed E-state index contributed by atoms with van der Waals surface area (Å²) < 4.78 is 5.43. The van der Waals surface area contributed by atoms with Crippen molar-refractivity contribution in [2.75, 3.05) is 11.5 Å². The molecule has 0 unspecified atom stereocenters. The molecule has 0 spiro atoms. The highest BCUT2D eigenvalue weighted by Crippen LogP contribution is 2.25. The van der Waals surface area contributed by atoms with Gasteiger partial charge in [0, 0.05) is 0 Å². The highest BCUT2D eigenvalue weighted by Gasteiger charge is 2.31. The van der Waals surface area contributed by atoms with Gasteiger partial charge in [-0.3, -0.25) is 9.69 Å². The van der Waals surface area contributed by atoms with Crippen molar-refractivity contribution in [2.45, 2.75) is 13.8 Å². The second-order valence-corrected chi connectivity index (χ2v) is 5.80. The molecule has 1 N–H and O–H groups in total. The zero-order valence-electron chi connectivity index (χ0n) is 13.6. The standard InChI is InChI=1S/C19H18N2O2S/c1-3-23-16-10-8-15(9-11-16)21-18(22)17(20-19(21)24)12-14-7-5-4-6-13(14)2/h4-12H,3H2,1-2H3,(H,20,24)/b17-12-. The van der Waals surface area contributed by atoms with Crippen molar-refractivity contribution in [3.63, 3.8) is 0 Å². The molecular formula is C19H18N2O2S. The highest BCUT2D eigenvalue weighted by atomic mass is 32.1. The van der Waals surface area contributed by atoms with E-state index in [4.69, 9.17) is 17.0 Å². The van der Waals surface area contributed by atoms with Gasteiger partial charge in [0.15, 0.2) is 5.11 Å². The Kier molecular flexibility index (Phi) is 4.62. The predicted molar refractivity (Wildman–Crippen MR) is 100.0 cm³/mol. The molecule has 4 nitrogen and oxygen atoms in total. The van der Waals surface area contributed by atoms with Crippen LogP contribution in [0.5, 0.6) is 5.75 Å². The van der Waals surface area contributed by atoms with Crippen molar-refractivity contribution in [1.82, 2.24) is 5.32 Å². The number of ether oxygens (including phenoxy) is 1. The number of aryl methyl sites for hydroxylation is 1. The minimum atomic E-state index is -0.160. The van der Waals surface area contributed by atoms with Crippen LogP contribution in [0.1, 0.15) is 18.1 Å². The van der Waals surface area contributed by atoms with Crippen LogP contribution in [0.15, 0.2) is 54.2 Å². The topological polar surface area (TPSA) is 41.6 Å². The molecule has 2 aromatic rings. The van der Waals surface area contributed by atoms with Crippen molar-refractivity contribution in [2.24, 2.45) is 0 Å². The lowest BCUT2D eigenvalue weighted by molar-refractivity contribution is -0.113. The summed E-state index contributed by atoms with van der Waals surface area (Å²) in [7, 11) is 0. The number of nitrogens with zero attached hydrogens (tertiary/aromatic N) is 1. The van der Waals surface area contributed by atoms with Crippen molar-refractivity contribution >= 4 is 35.0 Å². The Morgan fingerprint density at radius 3 is 2.54 bits per heavy atom. The van der Waals surface area contributed by atoms with Crippen LogP contribution in [0, 0.1) is 6.92 Å². The molecule has 0 aliphatic carbocycles. The molecule has 2 aromatic carbocycles. The maximum Gasteiger partial charge on any atom is 0.281 e. The van der Waals surface area contributed by atoms with Crippen LogP contribution in [0.25, 0.3) is 6.08 Å². The van der Waals surface area contributed by atoms with Gasteiger partial charge in [-0.15, -0.1) is 0 Å². The van der Waals surface area contributed by atoms with Gasteiger partial charge in [-0.2, -0.15) is 0 Å². The van der Waals surface area contributed by atoms with Crippen molar-refractivity contribution in [1.29, 1.82) is 0 Å². The smallest absolute Gasteiger partial charge is 0.281 e. The first-order chi connectivity index (χ1) is 11.6. The summed E-state index contributed by atoms with van der Waals surface area (Å²) in [5.74, 6) is 0.606. The largest absolute Gasteiger partial charge is 0.494 e. The van der Waals surface area contributed by atoms with E-state index in [0.717, 1.165) is 16.9 Å². The molecule has 1 saturated heterocycles. The summed E-state index contributed by atoms with van der Waals surface area (Å²) in [6.45, 7) is 4.54. The third-order valence-electron chi connectivity index (χ3n) is 3.77. The highest BCUT2D eigenvalue weighted by molar-refractivity contribution is 7.80. The lowest BCUT2D eigenvalue weighted by atomic mass is 10.1. The van der Waals surface area contributed by atoms with Gasteiger partial charge in [0.1, 0.15) is 11.4 Å². The van der Waals surface area contributed by atoms with Crippen LogP contribution >= 0.6 is 12.2 Å². The number of carbonyl (C=O) groups is 1. The molecule has 1 heterocycles. The zero-order chi connectivity index (χ0) is 17.1. The Bertz CT molecular complexity index is 812. The van der Waals surface area contributed by atoms with Crippen LogP contribution in [0.3, 0.4) is 0 Å². The molecule has 0 radical (unpaired) electrons. The molecule has 24 heavy (non-hydrogen) atoms. The minimum absolute atomic E-state index is 0.160. The van der Waals surface area contributed by atoms with Crippen molar-refractivity contribution in [3.8, 4) is 5.75 Å². The van der Waals surface area contributed by atoms with E-state index >= 15 is 0 Å². The van der Waals surface area contributed by atoms with E-state index in [1.54, 1.807) is 0 Å². The fourth-order valence-electron chi connectivity index (χ4n) is 2.53. The van der Waals surface area contributed by atoms with Crippen molar-refractivity contribution in [3.05, 3.63) is 65.4 Å². The molecule has 1 aliphatic rings. The third kappa shape index (κ3) is 3.16. The zero-order valence-corrected chi connectivity index (χ0v) is 14.4. The van der Waals surface area contributed by atoms with Gasteiger partial charge in [-0.25, -0.2) is 0 Å². The number of anilines is 1. The van der Waals surface area contributed by atoms with Gasteiger partial charge >= 0.3 is 0 Å².